The molecule has 3 atom stereocenters. The fraction of sp³-hybridized carbons (Fsp3) is 0.625. The van der Waals surface area contributed by atoms with Crippen LogP contribution < -0.4 is 5.43 Å². The summed E-state index contributed by atoms with van der Waals surface area (Å²) in [7, 11) is 0. The van der Waals surface area contributed by atoms with Crippen molar-refractivity contribution in [3.05, 3.63) is 35.4 Å². The number of nitrogens with zero attached hydrogens (tertiary/aromatic N) is 1. The fourth-order valence-corrected chi connectivity index (χ4v) is 3.34. The number of hydrogen-bond donors (Lipinski definition) is 1. The van der Waals surface area contributed by atoms with Gasteiger partial charge in [0.25, 0.3) is 0 Å². The summed E-state index contributed by atoms with van der Waals surface area (Å²) < 4.78 is 5.73. The van der Waals surface area contributed by atoms with Crippen molar-refractivity contribution in [2.24, 2.45) is 0 Å². The van der Waals surface area contributed by atoms with Gasteiger partial charge in [-0.25, -0.2) is 10.4 Å². The first-order chi connectivity index (χ1) is 9.25. The van der Waals surface area contributed by atoms with Gasteiger partial charge in [-0.05, 0) is 37.8 Å². The Bertz CT molecular complexity index is 425. The van der Waals surface area contributed by atoms with Crippen molar-refractivity contribution in [3.8, 4) is 0 Å². The van der Waals surface area contributed by atoms with E-state index in [-0.39, 0.29) is 0 Å². The predicted octanol–water partition coefficient (Wildman–Crippen LogP) is 3.03. The largest absolute Gasteiger partial charge is 0.375 e. The molecule has 3 heteroatoms. The standard InChI is InChI=1S/C16H24N2O/c1-12-6-5-7-13(2)18(12)17-16-11-19-10-14-8-3-4-9-15(14)16/h3-4,8-9,12-13,16-17H,5-7,10-11H2,1-2H3. The van der Waals surface area contributed by atoms with Crippen LogP contribution in [0, 0.1) is 0 Å². The summed E-state index contributed by atoms with van der Waals surface area (Å²) in [5.74, 6) is 0. The lowest BCUT2D eigenvalue weighted by molar-refractivity contribution is -0.00555. The van der Waals surface area contributed by atoms with E-state index in [1.807, 2.05) is 0 Å². The molecule has 1 aromatic rings. The van der Waals surface area contributed by atoms with Gasteiger partial charge in [0, 0.05) is 12.1 Å². The molecule has 0 saturated carbocycles. The Balaban J connectivity index is 1.77. The maximum Gasteiger partial charge on any atom is 0.0721 e. The minimum atomic E-state index is 0.299. The zero-order chi connectivity index (χ0) is 13.2. The second kappa shape index (κ2) is 5.61. The van der Waals surface area contributed by atoms with E-state index in [0.717, 1.165) is 13.2 Å². The minimum absolute atomic E-state index is 0.299. The quantitative estimate of drug-likeness (QED) is 0.884. The van der Waals surface area contributed by atoms with E-state index < -0.39 is 0 Å². The molecule has 2 aliphatic rings. The lowest BCUT2D eigenvalue weighted by Crippen LogP contribution is -2.54. The molecule has 104 valence electrons. The van der Waals surface area contributed by atoms with Gasteiger partial charge in [0.2, 0.25) is 0 Å². The number of ether oxygens (including phenoxy) is 1. The molecule has 1 fully saturated rings. The number of benzene rings is 1. The van der Waals surface area contributed by atoms with Crippen LogP contribution in [0.5, 0.6) is 0 Å². The zero-order valence-corrected chi connectivity index (χ0v) is 11.9. The molecule has 2 heterocycles. The van der Waals surface area contributed by atoms with Gasteiger partial charge in [-0.15, -0.1) is 0 Å². The van der Waals surface area contributed by atoms with E-state index in [1.54, 1.807) is 0 Å². The summed E-state index contributed by atoms with van der Waals surface area (Å²) in [6.45, 7) is 6.16. The van der Waals surface area contributed by atoms with Gasteiger partial charge >= 0.3 is 0 Å². The highest BCUT2D eigenvalue weighted by Gasteiger charge is 2.29. The molecule has 0 spiro atoms. The normalized spacial score (nSPS) is 32.0. The van der Waals surface area contributed by atoms with Crippen molar-refractivity contribution in [3.63, 3.8) is 0 Å². The van der Waals surface area contributed by atoms with Gasteiger partial charge in [-0.1, -0.05) is 30.7 Å². The Morgan fingerprint density at radius 3 is 2.68 bits per heavy atom. The van der Waals surface area contributed by atoms with Gasteiger partial charge in [0.15, 0.2) is 0 Å². The topological polar surface area (TPSA) is 24.5 Å². The molecule has 3 rings (SSSR count). The summed E-state index contributed by atoms with van der Waals surface area (Å²) in [4.78, 5) is 0. The van der Waals surface area contributed by atoms with Crippen molar-refractivity contribution in [2.75, 3.05) is 6.61 Å². The minimum Gasteiger partial charge on any atom is -0.375 e. The van der Waals surface area contributed by atoms with Gasteiger partial charge < -0.3 is 4.74 Å². The van der Waals surface area contributed by atoms with Crippen LogP contribution >= 0.6 is 0 Å². The van der Waals surface area contributed by atoms with Crippen molar-refractivity contribution in [1.29, 1.82) is 0 Å². The first-order valence-corrected chi connectivity index (χ1v) is 7.46. The summed E-state index contributed by atoms with van der Waals surface area (Å²) in [5.41, 5.74) is 6.45. The summed E-state index contributed by atoms with van der Waals surface area (Å²) in [6.07, 6.45) is 3.91. The first-order valence-electron chi connectivity index (χ1n) is 7.46. The summed E-state index contributed by atoms with van der Waals surface area (Å²) in [5, 5.41) is 2.44. The number of hydrogen-bond acceptors (Lipinski definition) is 3. The predicted molar refractivity (Wildman–Crippen MR) is 76.6 cm³/mol. The molecule has 1 N–H and O–H groups in total. The van der Waals surface area contributed by atoms with Gasteiger partial charge in [-0.3, -0.25) is 0 Å². The van der Waals surface area contributed by atoms with E-state index in [1.165, 1.54) is 30.4 Å². The second-order valence-electron chi connectivity index (χ2n) is 5.93. The number of fused-ring (bicyclic) bond motifs is 1. The van der Waals surface area contributed by atoms with Crippen molar-refractivity contribution in [1.82, 2.24) is 10.4 Å². The monoisotopic (exact) mass is 260 g/mol. The number of nitrogens with one attached hydrogen (secondary N) is 1. The van der Waals surface area contributed by atoms with E-state index in [4.69, 9.17) is 4.74 Å². The molecule has 3 unspecified atom stereocenters. The third-order valence-electron chi connectivity index (χ3n) is 4.47. The van der Waals surface area contributed by atoms with Crippen LogP contribution in [0.3, 0.4) is 0 Å². The van der Waals surface area contributed by atoms with E-state index >= 15 is 0 Å². The molecular weight excluding hydrogens is 236 g/mol. The third-order valence-corrected chi connectivity index (χ3v) is 4.47. The van der Waals surface area contributed by atoms with Crippen LogP contribution in [-0.4, -0.2) is 23.7 Å². The fourth-order valence-electron chi connectivity index (χ4n) is 3.34. The van der Waals surface area contributed by atoms with Gasteiger partial charge in [0.05, 0.1) is 19.3 Å². The van der Waals surface area contributed by atoms with Crippen LogP contribution in [0.15, 0.2) is 24.3 Å². The van der Waals surface area contributed by atoms with E-state index in [9.17, 15) is 0 Å². The average molecular weight is 260 g/mol. The van der Waals surface area contributed by atoms with Crippen LogP contribution in [0.4, 0.5) is 0 Å². The highest BCUT2D eigenvalue weighted by molar-refractivity contribution is 5.30. The number of rotatable bonds is 2. The smallest absolute Gasteiger partial charge is 0.0721 e. The molecular formula is C16H24N2O. The van der Waals surface area contributed by atoms with Crippen molar-refractivity contribution < 1.29 is 4.74 Å². The molecule has 2 aliphatic heterocycles. The number of hydrazine groups is 1. The Kier molecular flexibility index (Phi) is 3.87. The molecule has 0 bridgehead atoms. The third kappa shape index (κ3) is 2.69. The molecule has 0 radical (unpaired) electrons. The molecule has 3 nitrogen and oxygen atoms in total. The Morgan fingerprint density at radius 2 is 1.89 bits per heavy atom. The zero-order valence-electron chi connectivity index (χ0n) is 11.9. The lowest BCUT2D eigenvalue weighted by Gasteiger charge is -2.42. The molecule has 19 heavy (non-hydrogen) atoms. The van der Waals surface area contributed by atoms with Crippen molar-refractivity contribution in [2.45, 2.75) is 57.8 Å². The van der Waals surface area contributed by atoms with Gasteiger partial charge in [-0.2, -0.15) is 0 Å². The maximum atomic E-state index is 5.73. The molecule has 1 aromatic carbocycles. The highest BCUT2D eigenvalue weighted by Crippen LogP contribution is 2.27. The molecule has 0 amide bonds. The summed E-state index contributed by atoms with van der Waals surface area (Å²) >= 11 is 0. The Morgan fingerprint density at radius 1 is 1.16 bits per heavy atom. The van der Waals surface area contributed by atoms with Gasteiger partial charge in [0.1, 0.15) is 0 Å². The summed E-state index contributed by atoms with van der Waals surface area (Å²) in [6, 6.07) is 10.1. The Hall–Kier alpha value is -0.900. The maximum absolute atomic E-state index is 5.73. The van der Waals surface area contributed by atoms with Crippen molar-refractivity contribution >= 4 is 0 Å². The molecule has 0 aromatic heterocycles. The SMILES string of the molecule is CC1CCCC(C)N1NC1COCc2ccccc21. The van der Waals surface area contributed by atoms with E-state index in [0.29, 0.717) is 18.1 Å². The van der Waals surface area contributed by atoms with Crippen LogP contribution in [0.25, 0.3) is 0 Å². The van der Waals surface area contributed by atoms with Crippen LogP contribution in [0.2, 0.25) is 0 Å². The Labute approximate surface area is 115 Å². The number of piperidine rings is 1. The highest BCUT2D eigenvalue weighted by atomic mass is 16.5. The molecule has 1 saturated heterocycles. The lowest BCUT2D eigenvalue weighted by atomic mass is 9.97. The molecule has 0 aliphatic carbocycles. The second-order valence-corrected chi connectivity index (χ2v) is 5.93. The average Bonchev–Trinajstić information content (AvgIpc) is 2.43. The first kappa shape index (κ1) is 13.1. The van der Waals surface area contributed by atoms with Crippen LogP contribution in [-0.2, 0) is 11.3 Å². The van der Waals surface area contributed by atoms with E-state index in [2.05, 4.69) is 48.5 Å². The van der Waals surface area contributed by atoms with Crippen LogP contribution in [0.1, 0.15) is 50.3 Å².